The summed E-state index contributed by atoms with van der Waals surface area (Å²) in [5, 5.41) is 13.9. The van der Waals surface area contributed by atoms with Gasteiger partial charge in [0.15, 0.2) is 0 Å². The highest BCUT2D eigenvalue weighted by Gasteiger charge is 2.67. The van der Waals surface area contributed by atoms with Gasteiger partial charge in [0.05, 0.1) is 6.10 Å². The maximum atomic E-state index is 12.2. The van der Waals surface area contributed by atoms with Gasteiger partial charge in [-0.3, -0.25) is 4.79 Å². The number of aldehydes is 1. The van der Waals surface area contributed by atoms with Crippen LogP contribution in [0.1, 0.15) is 126 Å². The predicted molar refractivity (Wildman–Crippen MR) is 196 cm³/mol. The Morgan fingerprint density at radius 3 is 2.21 bits per heavy atom. The van der Waals surface area contributed by atoms with Crippen LogP contribution in [0.25, 0.3) is 0 Å². The van der Waals surface area contributed by atoms with Crippen LogP contribution < -0.4 is 11.1 Å². The molecule has 264 valence electrons. The smallest absolute Gasteiger partial charge is 0.204 e. The number of amides is 1. The predicted octanol–water partition coefficient (Wildman–Crippen LogP) is 8.48. The normalized spacial score (nSPS) is 35.9. The molecule has 8 unspecified atom stereocenters. The number of hydrogen-bond acceptors (Lipinski definition) is 4. The van der Waals surface area contributed by atoms with Crippen molar-refractivity contribution in [3.8, 4) is 0 Å². The average molecular weight is 657 g/mol. The third kappa shape index (κ3) is 6.67. The minimum atomic E-state index is -0.131. The molecule has 5 aliphatic carbocycles. The number of hydrogen-bond donors (Lipinski definition) is 3. The molecule has 0 radical (unpaired) electrons. The van der Waals surface area contributed by atoms with Crippen molar-refractivity contribution in [2.75, 3.05) is 7.05 Å². The molecule has 7 rings (SSSR count). The van der Waals surface area contributed by atoms with Gasteiger partial charge in [0, 0.05) is 12.0 Å². The zero-order valence-corrected chi connectivity index (χ0v) is 30.8. The van der Waals surface area contributed by atoms with Crippen molar-refractivity contribution in [3.63, 3.8) is 0 Å². The quantitative estimate of drug-likeness (QED) is 0.282. The first-order chi connectivity index (χ1) is 22.9. The van der Waals surface area contributed by atoms with Crippen LogP contribution in [0.5, 0.6) is 0 Å². The summed E-state index contributed by atoms with van der Waals surface area (Å²) in [7, 11) is 1.98. The van der Waals surface area contributed by atoms with Gasteiger partial charge in [-0.15, -0.1) is 0 Å². The molecule has 0 aromatic heterocycles. The summed E-state index contributed by atoms with van der Waals surface area (Å²) in [6.45, 7) is 12.5. The topological polar surface area (TPSA) is 92.4 Å². The second-order valence-electron chi connectivity index (χ2n) is 17.2. The maximum absolute atomic E-state index is 12.2. The van der Waals surface area contributed by atoms with Crippen LogP contribution in [0.2, 0.25) is 0 Å². The Morgan fingerprint density at radius 1 is 0.792 bits per heavy atom. The van der Waals surface area contributed by atoms with Crippen LogP contribution in [0.3, 0.4) is 0 Å². The lowest BCUT2D eigenvalue weighted by atomic mass is 9.41. The number of aliphatic hydroxyl groups is 1. The summed E-state index contributed by atoms with van der Waals surface area (Å²) in [4.78, 5) is 20.8. The first-order valence-electron chi connectivity index (χ1n) is 19.0. The van der Waals surface area contributed by atoms with E-state index in [1.165, 1.54) is 91.9 Å². The molecular formula is C43H64N2O3. The zero-order chi connectivity index (χ0) is 34.7. The summed E-state index contributed by atoms with van der Waals surface area (Å²) < 4.78 is 0. The van der Waals surface area contributed by atoms with Gasteiger partial charge in [-0.25, -0.2) is 0 Å². The fourth-order valence-electron chi connectivity index (χ4n) is 12.4. The number of fused-ring (bicyclic) bond motifs is 4. The number of aliphatic hydroxyl groups excluding tert-OH is 1. The zero-order valence-electron chi connectivity index (χ0n) is 30.8. The van der Waals surface area contributed by atoms with Crippen molar-refractivity contribution in [1.29, 1.82) is 0 Å². The number of carbonyl (C=O) groups is 2. The van der Waals surface area contributed by atoms with Crippen molar-refractivity contribution in [3.05, 3.63) is 70.3 Å². The Bertz CT molecular complexity index is 1420. The molecule has 4 N–H and O–H groups in total. The van der Waals surface area contributed by atoms with E-state index in [4.69, 9.17) is 4.79 Å². The highest BCUT2D eigenvalue weighted by atomic mass is 16.3. The molecule has 48 heavy (non-hydrogen) atoms. The monoisotopic (exact) mass is 656 g/mol. The van der Waals surface area contributed by atoms with Crippen molar-refractivity contribution in [2.24, 2.45) is 51.1 Å². The van der Waals surface area contributed by atoms with E-state index in [0.717, 1.165) is 44.1 Å². The molecule has 8 atom stereocenters. The highest BCUT2D eigenvalue weighted by Crippen LogP contribution is 2.74. The minimum Gasteiger partial charge on any atom is -0.393 e. The van der Waals surface area contributed by atoms with Gasteiger partial charge in [-0.2, -0.15) is 0 Å². The second-order valence-corrected chi connectivity index (χ2v) is 17.2. The molecule has 5 saturated carbocycles. The van der Waals surface area contributed by atoms with Crippen LogP contribution in [-0.2, 0) is 22.6 Å². The maximum Gasteiger partial charge on any atom is 0.204 e. The Labute approximate surface area is 291 Å². The Kier molecular flexibility index (Phi) is 11.3. The number of nitrogens with one attached hydrogen (secondary N) is 1. The second kappa shape index (κ2) is 14.8. The molecule has 5 nitrogen and oxygen atoms in total. The average Bonchev–Trinajstić information content (AvgIpc) is 3.62. The molecule has 0 aliphatic heterocycles. The lowest BCUT2D eigenvalue weighted by Gasteiger charge is -2.64. The van der Waals surface area contributed by atoms with E-state index >= 15 is 0 Å². The fraction of sp³-hybridized carbons (Fsp3) is 0.674. The molecule has 0 heterocycles. The van der Waals surface area contributed by atoms with E-state index in [0.29, 0.717) is 22.7 Å². The molecule has 5 heteroatoms. The van der Waals surface area contributed by atoms with E-state index in [1.54, 1.807) is 0 Å². The Morgan fingerprint density at radius 2 is 1.50 bits per heavy atom. The Hall–Kier alpha value is -2.50. The number of primary amides is 1. The lowest BCUT2D eigenvalue weighted by Crippen LogP contribution is -2.59. The summed E-state index contributed by atoms with van der Waals surface area (Å²) in [5.41, 5.74) is 12.0. The van der Waals surface area contributed by atoms with Gasteiger partial charge in [0.25, 0.3) is 0 Å². The van der Waals surface area contributed by atoms with Crippen molar-refractivity contribution in [1.82, 2.24) is 5.32 Å². The highest BCUT2D eigenvalue weighted by molar-refractivity contribution is 5.61. The molecule has 5 fully saturated rings. The van der Waals surface area contributed by atoms with Crippen molar-refractivity contribution < 1.29 is 14.7 Å². The Balaban J connectivity index is 0.000000187. The van der Waals surface area contributed by atoms with E-state index in [1.807, 2.05) is 7.05 Å². The number of aryl methyl sites for hydroxylation is 2. The van der Waals surface area contributed by atoms with Crippen LogP contribution >= 0.6 is 0 Å². The van der Waals surface area contributed by atoms with Crippen LogP contribution in [-0.4, -0.2) is 31.0 Å². The molecule has 0 saturated heterocycles. The first-order valence-corrected chi connectivity index (χ1v) is 19.0. The van der Waals surface area contributed by atoms with Gasteiger partial charge >= 0.3 is 0 Å². The van der Waals surface area contributed by atoms with E-state index in [2.05, 4.69) is 88.1 Å². The third-order valence-corrected chi connectivity index (χ3v) is 14.7. The molecule has 2 aromatic carbocycles. The van der Waals surface area contributed by atoms with Gasteiger partial charge in [0.1, 0.15) is 6.29 Å². The van der Waals surface area contributed by atoms with Crippen molar-refractivity contribution in [2.45, 2.75) is 131 Å². The summed E-state index contributed by atoms with van der Waals surface area (Å²) >= 11 is 0. The summed E-state index contributed by atoms with van der Waals surface area (Å²) in [6.07, 6.45) is 17.7. The van der Waals surface area contributed by atoms with Gasteiger partial charge < -0.3 is 21.0 Å². The van der Waals surface area contributed by atoms with Gasteiger partial charge in [-0.1, -0.05) is 76.1 Å². The molecule has 0 bridgehead atoms. The SMILES string of the molecule is CC1(C)C(O)CCC2(C)C1CCC13CCCC4(C=O)CCCC4C1CCC23.CNCc1cccc(Cc2ccc(C)c(C)c2)c1.NC=O. The first kappa shape index (κ1) is 36.8. The van der Waals surface area contributed by atoms with Crippen LogP contribution in [0.4, 0.5) is 0 Å². The van der Waals surface area contributed by atoms with E-state index in [9.17, 15) is 9.90 Å². The number of rotatable bonds is 5. The summed E-state index contributed by atoms with van der Waals surface area (Å²) in [6, 6.07) is 15.5. The fourth-order valence-corrected chi connectivity index (χ4v) is 12.4. The number of nitrogens with two attached hydrogens (primary N) is 1. The number of carbonyl (C=O) groups excluding carboxylic acids is 2. The molecule has 2 aromatic rings. The minimum absolute atomic E-state index is 0.0306. The standard InChI is InChI=1S/C25H40O2.C17H21N.CH3NO/c1-22(2)19-9-15-25-13-5-12-24(16-26)11-4-6-17(24)18(25)7-8-20(25)23(19,3)14-10-21(22)27;1-13-7-8-16(9-14(13)2)10-15-5-4-6-17(11-15)12-18-3;2-1-3/h16-21,27H,4-15H2,1-3H3;4-9,11,18H,10,12H2,1-3H3;1H,(H2,2,3). The molecule has 1 spiro atoms. The van der Waals surface area contributed by atoms with Gasteiger partial charge in [-0.05, 0) is 159 Å². The van der Waals surface area contributed by atoms with Gasteiger partial charge in [0.2, 0.25) is 6.41 Å². The molecule has 5 aliphatic rings. The van der Waals surface area contributed by atoms with Crippen LogP contribution in [0.15, 0.2) is 42.5 Å². The largest absolute Gasteiger partial charge is 0.393 e. The summed E-state index contributed by atoms with van der Waals surface area (Å²) in [5.74, 6) is 2.95. The van der Waals surface area contributed by atoms with E-state index < -0.39 is 0 Å². The molecular weight excluding hydrogens is 592 g/mol. The van der Waals surface area contributed by atoms with E-state index in [-0.39, 0.29) is 23.3 Å². The van der Waals surface area contributed by atoms with Crippen LogP contribution in [0, 0.1) is 59.2 Å². The number of benzene rings is 2. The lowest BCUT2D eigenvalue weighted by molar-refractivity contribution is -0.176. The van der Waals surface area contributed by atoms with Crippen molar-refractivity contribution >= 4 is 12.7 Å². The third-order valence-electron chi connectivity index (χ3n) is 14.7. The molecule has 1 amide bonds.